The van der Waals surface area contributed by atoms with E-state index in [-0.39, 0.29) is 28.8 Å². The molecule has 2 amide bonds. The Hall–Kier alpha value is -2.12. The minimum Gasteiger partial charge on any atom is -0.477 e. The van der Waals surface area contributed by atoms with E-state index in [4.69, 9.17) is 5.73 Å². The minimum atomic E-state index is -4.86. The lowest BCUT2D eigenvalue weighted by Gasteiger charge is -2.47. The van der Waals surface area contributed by atoms with Crippen LogP contribution in [0.3, 0.4) is 0 Å². The van der Waals surface area contributed by atoms with Crippen LogP contribution < -0.4 is 11.1 Å². The van der Waals surface area contributed by atoms with Crippen LogP contribution in [-0.4, -0.2) is 88.7 Å². The molecule has 0 spiro atoms. The van der Waals surface area contributed by atoms with Crippen molar-refractivity contribution in [1.29, 1.82) is 0 Å². The van der Waals surface area contributed by atoms with Crippen molar-refractivity contribution >= 4 is 35.3 Å². The summed E-state index contributed by atoms with van der Waals surface area (Å²) < 4.78 is 38.3. The molecule has 1 unspecified atom stereocenters. The quantitative estimate of drug-likeness (QED) is 0.412. The van der Waals surface area contributed by atoms with Gasteiger partial charge < -0.3 is 26.0 Å². The van der Waals surface area contributed by atoms with Crippen LogP contribution in [0.5, 0.6) is 0 Å². The molecule has 3 heterocycles. The Morgan fingerprint density at radius 1 is 1.32 bits per heavy atom. The Labute approximate surface area is 199 Å². The van der Waals surface area contributed by atoms with E-state index in [1.54, 1.807) is 21.0 Å². The van der Waals surface area contributed by atoms with E-state index in [1.165, 1.54) is 28.5 Å². The van der Waals surface area contributed by atoms with Crippen LogP contribution in [0.2, 0.25) is 0 Å². The molecule has 3 rings (SSSR count). The number of hydrogen-bond acceptors (Lipinski definition) is 7. The normalized spacial score (nSPS) is 30.6. The van der Waals surface area contributed by atoms with Crippen LogP contribution in [-0.2, 0) is 19.2 Å². The maximum Gasteiger partial charge on any atom is 0.410 e. The summed E-state index contributed by atoms with van der Waals surface area (Å²) in [6.07, 6.45) is -4.90. The highest BCUT2D eigenvalue weighted by Gasteiger charge is 2.60. The molecule has 0 aromatic carbocycles. The SMILES string of the molecule is C[C@@H](CC(=O)C(N)C(F)(F)F)[C@H]1C(=O)N2C(C(=O)O)=C(S[C@@H]3CN[C@H](C(=O)N(C)C)C3)[C@H](C)[C@H]12. The molecule has 0 bridgehead atoms. The number of carboxylic acid groups (broad SMARTS) is 1. The van der Waals surface area contributed by atoms with Gasteiger partial charge in [0.15, 0.2) is 11.8 Å². The van der Waals surface area contributed by atoms with Gasteiger partial charge in [0.25, 0.3) is 0 Å². The summed E-state index contributed by atoms with van der Waals surface area (Å²) in [5.41, 5.74) is 4.88. The highest BCUT2D eigenvalue weighted by molar-refractivity contribution is 8.03. The van der Waals surface area contributed by atoms with Crippen molar-refractivity contribution in [2.75, 3.05) is 20.6 Å². The summed E-state index contributed by atoms with van der Waals surface area (Å²) in [6.45, 7) is 3.77. The molecule has 3 aliphatic rings. The number of β-lactam (4-membered cyclic amide) rings is 1. The van der Waals surface area contributed by atoms with Crippen molar-refractivity contribution in [2.45, 2.75) is 56.2 Å². The van der Waals surface area contributed by atoms with Gasteiger partial charge in [-0.1, -0.05) is 13.8 Å². The van der Waals surface area contributed by atoms with E-state index < -0.39 is 54.2 Å². The molecular weight excluding hydrogens is 477 g/mol. The number of thioether (sulfide) groups is 1. The van der Waals surface area contributed by atoms with Crippen LogP contribution in [0.1, 0.15) is 26.7 Å². The molecule has 0 aromatic rings. The zero-order valence-electron chi connectivity index (χ0n) is 19.3. The Morgan fingerprint density at radius 3 is 2.47 bits per heavy atom. The molecule has 0 aliphatic carbocycles. The molecule has 2 saturated heterocycles. The lowest BCUT2D eigenvalue weighted by molar-refractivity contribution is -0.165. The Morgan fingerprint density at radius 2 is 1.94 bits per heavy atom. The largest absolute Gasteiger partial charge is 0.477 e. The summed E-state index contributed by atoms with van der Waals surface area (Å²) in [6, 6.07) is -3.55. The molecule has 190 valence electrons. The first kappa shape index (κ1) is 26.5. The van der Waals surface area contributed by atoms with Crippen LogP contribution in [0, 0.1) is 17.8 Å². The van der Waals surface area contributed by atoms with E-state index in [2.05, 4.69) is 5.32 Å². The fourth-order valence-electron chi connectivity index (χ4n) is 4.99. The molecule has 7 atom stereocenters. The van der Waals surface area contributed by atoms with Gasteiger partial charge in [-0.25, -0.2) is 4.79 Å². The van der Waals surface area contributed by atoms with Gasteiger partial charge in [-0.05, 0) is 12.3 Å². The highest BCUT2D eigenvalue weighted by Crippen LogP contribution is 2.53. The van der Waals surface area contributed by atoms with E-state index >= 15 is 0 Å². The smallest absolute Gasteiger partial charge is 0.410 e. The number of carboxylic acids is 1. The number of nitrogens with one attached hydrogen (secondary N) is 1. The summed E-state index contributed by atoms with van der Waals surface area (Å²) in [5, 5.41) is 12.9. The van der Waals surface area contributed by atoms with Crippen LogP contribution in [0.25, 0.3) is 0 Å². The van der Waals surface area contributed by atoms with Gasteiger partial charge in [0.1, 0.15) is 5.70 Å². The van der Waals surface area contributed by atoms with Gasteiger partial charge in [0, 0.05) is 43.1 Å². The van der Waals surface area contributed by atoms with Gasteiger partial charge in [0.2, 0.25) is 11.8 Å². The monoisotopic (exact) mass is 506 g/mol. The number of alkyl halides is 3. The molecule has 2 fully saturated rings. The molecule has 9 nitrogen and oxygen atoms in total. The van der Waals surface area contributed by atoms with Crippen molar-refractivity contribution in [3.8, 4) is 0 Å². The average Bonchev–Trinajstić information content (AvgIpc) is 3.28. The minimum absolute atomic E-state index is 0.0790. The van der Waals surface area contributed by atoms with Crippen molar-refractivity contribution in [2.24, 2.45) is 23.5 Å². The number of nitrogens with two attached hydrogens (primary N) is 1. The maximum atomic E-state index is 12.9. The Balaban J connectivity index is 1.73. The number of carbonyl (C=O) groups is 4. The molecule has 3 aliphatic heterocycles. The van der Waals surface area contributed by atoms with Crippen molar-refractivity contribution in [3.05, 3.63) is 10.6 Å². The fraction of sp³-hybridized carbons (Fsp3) is 0.714. The standard InChI is InChI=1S/C21H29F3N4O5S/c1-8(5-12(29)17(25)21(22,23)24)13-14-9(2)16(15(20(32)33)28(14)19(13)31)34-10-6-11(26-7-10)18(30)27(3)4/h8-11,13-14,17,26H,5-7,25H2,1-4H3,(H,32,33)/t8-,9+,10-,11-,13+,14+,17?/m0/s1. The van der Waals surface area contributed by atoms with Gasteiger partial charge in [-0.3, -0.25) is 14.4 Å². The number of aliphatic carboxylic acids is 1. The van der Waals surface area contributed by atoms with Gasteiger partial charge in [-0.2, -0.15) is 13.2 Å². The second-order valence-corrected chi connectivity index (χ2v) is 10.7. The summed E-state index contributed by atoms with van der Waals surface area (Å²) in [5.74, 6) is -4.95. The number of hydrogen-bond donors (Lipinski definition) is 3. The van der Waals surface area contributed by atoms with E-state index in [9.17, 15) is 37.5 Å². The number of rotatable bonds is 8. The second-order valence-electron chi connectivity index (χ2n) is 9.37. The first-order valence-corrected chi connectivity index (χ1v) is 11.8. The lowest BCUT2D eigenvalue weighted by atomic mass is 9.73. The first-order valence-electron chi connectivity index (χ1n) is 10.9. The summed E-state index contributed by atoms with van der Waals surface area (Å²) in [7, 11) is 3.30. The molecule has 34 heavy (non-hydrogen) atoms. The number of likely N-dealkylation sites (N-methyl/N-ethyl adjacent to an activating group) is 1. The predicted molar refractivity (Wildman–Crippen MR) is 117 cm³/mol. The molecule has 4 N–H and O–H groups in total. The third-order valence-electron chi connectivity index (χ3n) is 6.75. The topological polar surface area (TPSA) is 133 Å². The van der Waals surface area contributed by atoms with E-state index in [0.29, 0.717) is 17.9 Å². The lowest BCUT2D eigenvalue weighted by Crippen LogP contribution is -2.62. The van der Waals surface area contributed by atoms with E-state index in [0.717, 1.165) is 0 Å². The molecule has 0 radical (unpaired) electrons. The summed E-state index contributed by atoms with van der Waals surface area (Å²) in [4.78, 5) is 52.3. The fourth-order valence-corrected chi connectivity index (χ4v) is 6.47. The molecule has 13 heteroatoms. The van der Waals surface area contributed by atoms with Gasteiger partial charge in [0.05, 0.1) is 18.0 Å². The number of fused-ring (bicyclic) bond motifs is 1. The third-order valence-corrected chi connectivity index (χ3v) is 8.26. The molecular formula is C21H29F3N4O5S. The summed E-state index contributed by atoms with van der Waals surface area (Å²) >= 11 is 1.31. The zero-order chi connectivity index (χ0) is 25.7. The van der Waals surface area contributed by atoms with Crippen LogP contribution >= 0.6 is 11.8 Å². The van der Waals surface area contributed by atoms with Crippen molar-refractivity contribution in [1.82, 2.24) is 15.1 Å². The predicted octanol–water partition coefficient (Wildman–Crippen LogP) is 0.796. The number of amides is 2. The molecule has 0 aromatic heterocycles. The number of Topliss-reactive ketones (excluding diaryl/α,β-unsaturated/α-hetero) is 1. The Bertz CT molecular complexity index is 925. The number of carbonyl (C=O) groups excluding carboxylic acids is 3. The maximum absolute atomic E-state index is 12.9. The number of halogens is 3. The molecule has 0 saturated carbocycles. The number of nitrogens with zero attached hydrogens (tertiary/aromatic N) is 2. The first-order chi connectivity index (χ1) is 15.7. The number of ketones is 1. The average molecular weight is 507 g/mol. The van der Waals surface area contributed by atoms with Gasteiger partial charge >= 0.3 is 12.1 Å². The van der Waals surface area contributed by atoms with Crippen molar-refractivity contribution in [3.63, 3.8) is 0 Å². The third kappa shape index (κ3) is 4.69. The second kappa shape index (κ2) is 9.50. The highest BCUT2D eigenvalue weighted by atomic mass is 32.2. The van der Waals surface area contributed by atoms with Crippen molar-refractivity contribution < 1.29 is 37.5 Å². The van der Waals surface area contributed by atoms with Gasteiger partial charge in [-0.15, -0.1) is 11.8 Å². The van der Waals surface area contributed by atoms with Crippen LogP contribution in [0.4, 0.5) is 13.2 Å². The van der Waals surface area contributed by atoms with E-state index in [1.807, 2.05) is 0 Å². The Kier molecular flexibility index (Phi) is 7.40. The zero-order valence-corrected chi connectivity index (χ0v) is 20.1. The van der Waals surface area contributed by atoms with Crippen LogP contribution in [0.15, 0.2) is 10.6 Å².